The second kappa shape index (κ2) is 9.51. The van der Waals surface area contributed by atoms with Crippen molar-refractivity contribution in [1.29, 1.82) is 0 Å². The third kappa shape index (κ3) is 4.31. The summed E-state index contributed by atoms with van der Waals surface area (Å²) in [5.74, 6) is -1.63. The first kappa shape index (κ1) is 23.2. The lowest BCUT2D eigenvalue weighted by atomic mass is 9.92. The van der Waals surface area contributed by atoms with Crippen LogP contribution in [0.15, 0.2) is 72.8 Å². The molecule has 0 bridgehead atoms. The molecule has 34 heavy (non-hydrogen) atoms. The molecule has 0 fully saturated rings. The van der Waals surface area contributed by atoms with E-state index in [1.165, 1.54) is 4.90 Å². The summed E-state index contributed by atoms with van der Waals surface area (Å²) >= 11 is 0. The van der Waals surface area contributed by atoms with Gasteiger partial charge in [-0.1, -0.05) is 67.6 Å². The number of nitrogens with one attached hydrogen (secondary N) is 1. The lowest BCUT2D eigenvalue weighted by molar-refractivity contribution is -0.131. The van der Waals surface area contributed by atoms with E-state index >= 15 is 0 Å². The predicted molar refractivity (Wildman–Crippen MR) is 134 cm³/mol. The average Bonchev–Trinajstić information content (AvgIpc) is 2.93. The van der Waals surface area contributed by atoms with Gasteiger partial charge in [0.2, 0.25) is 11.8 Å². The van der Waals surface area contributed by atoms with Crippen molar-refractivity contribution in [2.45, 2.75) is 45.1 Å². The molecule has 0 spiro atoms. The number of nitrogen functional groups attached to an aromatic ring is 1. The second-order valence-electron chi connectivity index (χ2n) is 8.87. The van der Waals surface area contributed by atoms with Gasteiger partial charge < -0.3 is 11.1 Å². The fraction of sp³-hybridized carbons (Fsp3) is 0.250. The Morgan fingerprint density at radius 2 is 1.65 bits per heavy atom. The largest absolute Gasteiger partial charge is 0.398 e. The molecule has 0 aliphatic carbocycles. The minimum atomic E-state index is -0.887. The maximum atomic E-state index is 13.6. The normalized spacial score (nSPS) is 16.6. The van der Waals surface area contributed by atoms with E-state index in [1.807, 2.05) is 61.5 Å². The maximum absolute atomic E-state index is 13.6. The van der Waals surface area contributed by atoms with Crippen molar-refractivity contribution in [2.24, 2.45) is 0 Å². The SMILES string of the molecule is CC(CC(=O)N[C@@H](C)C(=O)N1C(=O)C(C)c2ccccc2-c2c(N)cccc21)c1ccccc1. The second-order valence-corrected chi connectivity index (χ2v) is 8.87. The van der Waals surface area contributed by atoms with Crippen molar-refractivity contribution in [1.82, 2.24) is 5.32 Å². The van der Waals surface area contributed by atoms with Crippen molar-refractivity contribution in [3.05, 3.63) is 83.9 Å². The quantitative estimate of drug-likeness (QED) is 0.550. The minimum absolute atomic E-state index is 0.00151. The van der Waals surface area contributed by atoms with Crippen LogP contribution in [0, 0.1) is 0 Å². The monoisotopic (exact) mass is 455 g/mol. The molecule has 2 unspecified atom stereocenters. The fourth-order valence-corrected chi connectivity index (χ4v) is 4.55. The number of anilines is 2. The number of carbonyl (C=O) groups excluding carboxylic acids is 3. The Morgan fingerprint density at radius 1 is 0.971 bits per heavy atom. The molecule has 6 nitrogen and oxygen atoms in total. The van der Waals surface area contributed by atoms with Gasteiger partial charge >= 0.3 is 0 Å². The van der Waals surface area contributed by atoms with E-state index in [-0.39, 0.29) is 24.2 Å². The minimum Gasteiger partial charge on any atom is -0.398 e. The molecule has 0 aromatic heterocycles. The molecule has 6 heteroatoms. The number of carbonyl (C=O) groups is 3. The van der Waals surface area contributed by atoms with E-state index in [2.05, 4.69) is 5.32 Å². The third-order valence-electron chi connectivity index (χ3n) is 6.43. The highest BCUT2D eigenvalue weighted by molar-refractivity contribution is 6.22. The maximum Gasteiger partial charge on any atom is 0.256 e. The fourth-order valence-electron chi connectivity index (χ4n) is 4.55. The molecule has 0 radical (unpaired) electrons. The predicted octanol–water partition coefficient (Wildman–Crippen LogP) is 4.61. The van der Waals surface area contributed by atoms with Gasteiger partial charge in [0.1, 0.15) is 6.04 Å². The smallest absolute Gasteiger partial charge is 0.256 e. The molecule has 3 amide bonds. The molecular formula is C28H29N3O3. The number of rotatable bonds is 5. The summed E-state index contributed by atoms with van der Waals surface area (Å²) in [6.45, 7) is 5.36. The third-order valence-corrected chi connectivity index (χ3v) is 6.43. The number of nitrogens with two attached hydrogens (primary N) is 1. The van der Waals surface area contributed by atoms with Gasteiger partial charge in [0.25, 0.3) is 5.91 Å². The van der Waals surface area contributed by atoms with Gasteiger partial charge in [-0.3, -0.25) is 14.4 Å². The molecule has 4 rings (SSSR count). The van der Waals surface area contributed by atoms with Crippen LogP contribution in [-0.2, 0) is 14.4 Å². The summed E-state index contributed by atoms with van der Waals surface area (Å²) < 4.78 is 0. The number of benzene rings is 3. The van der Waals surface area contributed by atoms with Crippen molar-refractivity contribution in [3.63, 3.8) is 0 Å². The molecule has 1 aliphatic rings. The van der Waals surface area contributed by atoms with Crippen LogP contribution in [0.25, 0.3) is 11.1 Å². The Hall–Kier alpha value is -3.93. The number of imide groups is 1. The van der Waals surface area contributed by atoms with Crippen molar-refractivity contribution >= 4 is 29.1 Å². The van der Waals surface area contributed by atoms with Gasteiger partial charge in [-0.2, -0.15) is 0 Å². The van der Waals surface area contributed by atoms with E-state index < -0.39 is 17.9 Å². The van der Waals surface area contributed by atoms with Crippen LogP contribution < -0.4 is 16.0 Å². The van der Waals surface area contributed by atoms with Crippen LogP contribution in [0.1, 0.15) is 50.2 Å². The zero-order valence-electron chi connectivity index (χ0n) is 19.6. The van der Waals surface area contributed by atoms with Gasteiger partial charge in [-0.15, -0.1) is 0 Å². The van der Waals surface area contributed by atoms with Gasteiger partial charge in [0.15, 0.2) is 0 Å². The van der Waals surface area contributed by atoms with E-state index in [9.17, 15) is 14.4 Å². The number of fused-ring (bicyclic) bond motifs is 3. The van der Waals surface area contributed by atoms with Crippen LogP contribution in [0.2, 0.25) is 0 Å². The van der Waals surface area contributed by atoms with Crippen LogP contribution >= 0.6 is 0 Å². The van der Waals surface area contributed by atoms with Crippen molar-refractivity contribution in [2.75, 3.05) is 10.6 Å². The van der Waals surface area contributed by atoms with Gasteiger partial charge in [0.05, 0.1) is 11.6 Å². The van der Waals surface area contributed by atoms with Crippen molar-refractivity contribution in [3.8, 4) is 11.1 Å². The lowest BCUT2D eigenvalue weighted by Gasteiger charge is -2.27. The highest BCUT2D eigenvalue weighted by Gasteiger charge is 2.37. The molecule has 3 N–H and O–H groups in total. The molecule has 3 atom stereocenters. The van der Waals surface area contributed by atoms with Crippen LogP contribution in [0.4, 0.5) is 11.4 Å². The first-order valence-corrected chi connectivity index (χ1v) is 11.5. The van der Waals surface area contributed by atoms with E-state index in [1.54, 1.807) is 32.0 Å². The first-order chi connectivity index (χ1) is 16.3. The van der Waals surface area contributed by atoms with Crippen molar-refractivity contribution < 1.29 is 14.4 Å². The zero-order chi connectivity index (χ0) is 24.4. The Kier molecular flexibility index (Phi) is 6.50. The number of nitrogens with zero attached hydrogens (tertiary/aromatic N) is 1. The van der Waals surface area contributed by atoms with E-state index in [0.29, 0.717) is 16.9 Å². The lowest BCUT2D eigenvalue weighted by Crippen LogP contribution is -2.50. The highest BCUT2D eigenvalue weighted by atomic mass is 16.2. The molecule has 1 aliphatic heterocycles. The Balaban J connectivity index is 1.61. The summed E-state index contributed by atoms with van der Waals surface area (Å²) in [6.07, 6.45) is 0.237. The Bertz CT molecular complexity index is 1240. The summed E-state index contributed by atoms with van der Waals surface area (Å²) in [5.41, 5.74) is 10.6. The standard InChI is InChI=1S/C28H29N3O3/c1-17(20-10-5-4-6-11-20)16-25(32)30-19(3)28(34)31-24-15-9-14-23(29)26(24)22-13-8-7-12-21(22)18(2)27(31)33/h4-15,17-19H,16,29H2,1-3H3,(H,30,32)/t17?,18?,19-/m0/s1. The number of hydrogen-bond acceptors (Lipinski definition) is 4. The first-order valence-electron chi connectivity index (χ1n) is 11.5. The topological polar surface area (TPSA) is 92.5 Å². The molecular weight excluding hydrogens is 426 g/mol. The summed E-state index contributed by atoms with van der Waals surface area (Å²) in [5, 5.41) is 2.79. The Morgan fingerprint density at radius 3 is 2.38 bits per heavy atom. The van der Waals surface area contributed by atoms with E-state index in [0.717, 1.165) is 16.7 Å². The molecule has 174 valence electrons. The zero-order valence-corrected chi connectivity index (χ0v) is 19.6. The summed E-state index contributed by atoms with van der Waals surface area (Å²) in [7, 11) is 0. The Labute approximate surface area is 199 Å². The molecule has 0 saturated carbocycles. The molecule has 3 aromatic rings. The number of amides is 3. The van der Waals surface area contributed by atoms with Gasteiger partial charge in [-0.05, 0) is 48.6 Å². The number of hydrogen-bond donors (Lipinski definition) is 2. The van der Waals surface area contributed by atoms with Crippen LogP contribution in [0.3, 0.4) is 0 Å². The molecule has 0 saturated heterocycles. The summed E-state index contributed by atoms with van der Waals surface area (Å²) in [4.78, 5) is 41.0. The highest BCUT2D eigenvalue weighted by Crippen LogP contribution is 2.44. The molecule has 1 heterocycles. The van der Waals surface area contributed by atoms with Gasteiger partial charge in [-0.25, -0.2) is 4.90 Å². The average molecular weight is 456 g/mol. The van der Waals surface area contributed by atoms with Crippen LogP contribution in [-0.4, -0.2) is 23.8 Å². The summed E-state index contributed by atoms with van der Waals surface area (Å²) in [6, 6.07) is 21.6. The van der Waals surface area contributed by atoms with E-state index in [4.69, 9.17) is 5.73 Å². The molecule has 3 aromatic carbocycles. The van der Waals surface area contributed by atoms with Gasteiger partial charge in [0, 0.05) is 17.7 Å². The van der Waals surface area contributed by atoms with Crippen LogP contribution in [0.5, 0.6) is 0 Å².